The monoisotopic (exact) mass is 357 g/mol. The molecule has 0 aliphatic carbocycles. The van der Waals surface area contributed by atoms with Gasteiger partial charge in [-0.05, 0) is 46.5 Å². The van der Waals surface area contributed by atoms with Crippen molar-refractivity contribution in [3.05, 3.63) is 45.7 Å². The highest BCUT2D eigenvalue weighted by atomic mass is 16.2. The van der Waals surface area contributed by atoms with E-state index in [0.717, 1.165) is 44.6 Å². The molecule has 1 N–H and O–H groups in total. The summed E-state index contributed by atoms with van der Waals surface area (Å²) in [4.78, 5) is 38.3. The molecule has 7 heteroatoms. The van der Waals surface area contributed by atoms with Gasteiger partial charge in [0.15, 0.2) is 0 Å². The number of likely N-dealkylation sites (tertiary alicyclic amines) is 1. The van der Waals surface area contributed by atoms with Gasteiger partial charge in [0, 0.05) is 42.8 Å². The van der Waals surface area contributed by atoms with Crippen molar-refractivity contribution in [2.75, 3.05) is 6.54 Å². The summed E-state index contributed by atoms with van der Waals surface area (Å²) >= 11 is 0. The molecule has 1 unspecified atom stereocenters. The lowest BCUT2D eigenvalue weighted by molar-refractivity contribution is -0.134. The first-order chi connectivity index (χ1) is 12.5. The van der Waals surface area contributed by atoms with Crippen molar-refractivity contribution < 1.29 is 4.79 Å². The van der Waals surface area contributed by atoms with Crippen LogP contribution in [-0.4, -0.2) is 42.9 Å². The van der Waals surface area contributed by atoms with Crippen LogP contribution in [0.15, 0.2) is 17.2 Å². The normalized spacial score (nSPS) is 17.5. The third-order valence-electron chi connectivity index (χ3n) is 5.24. The molecule has 1 saturated heterocycles. The van der Waals surface area contributed by atoms with E-state index in [1.165, 1.54) is 0 Å². The molecule has 0 saturated carbocycles. The average molecular weight is 357 g/mol. The summed E-state index contributed by atoms with van der Waals surface area (Å²) in [5.74, 6) is 1.60. The zero-order chi connectivity index (χ0) is 18.7. The van der Waals surface area contributed by atoms with Crippen molar-refractivity contribution in [3.8, 4) is 0 Å². The summed E-state index contributed by atoms with van der Waals surface area (Å²) in [6, 6.07) is 0.218. The highest BCUT2D eigenvalue weighted by Gasteiger charge is 2.27. The quantitative estimate of drug-likeness (QED) is 0.886. The van der Waals surface area contributed by atoms with Gasteiger partial charge in [-0.3, -0.25) is 9.59 Å². The molecule has 1 aliphatic rings. The average Bonchev–Trinajstić information content (AvgIpc) is 3.01. The highest BCUT2D eigenvalue weighted by molar-refractivity contribution is 5.79. The number of rotatable bonds is 5. The van der Waals surface area contributed by atoms with Crippen LogP contribution in [0.2, 0.25) is 0 Å². The molecule has 2 aromatic heterocycles. The van der Waals surface area contributed by atoms with E-state index in [0.29, 0.717) is 17.1 Å². The number of H-pyrrole nitrogens is 1. The highest BCUT2D eigenvalue weighted by Crippen LogP contribution is 2.21. The number of hydrogen-bond donors (Lipinski definition) is 1. The molecule has 26 heavy (non-hydrogen) atoms. The van der Waals surface area contributed by atoms with Crippen molar-refractivity contribution in [1.29, 1.82) is 0 Å². The summed E-state index contributed by atoms with van der Waals surface area (Å²) in [6.07, 6.45) is 7.99. The Balaban J connectivity index is 1.70. The summed E-state index contributed by atoms with van der Waals surface area (Å²) < 4.78 is 2.12. The number of aryl methyl sites for hydroxylation is 4. The molecular formula is C19H27N5O2. The van der Waals surface area contributed by atoms with Gasteiger partial charge in [-0.2, -0.15) is 0 Å². The molecule has 2 aromatic rings. The summed E-state index contributed by atoms with van der Waals surface area (Å²) in [5, 5.41) is 0. The summed E-state index contributed by atoms with van der Waals surface area (Å²) in [7, 11) is 0. The molecule has 0 spiro atoms. The lowest BCUT2D eigenvalue weighted by Crippen LogP contribution is -2.45. The lowest BCUT2D eigenvalue weighted by atomic mass is 9.98. The van der Waals surface area contributed by atoms with Crippen LogP contribution >= 0.6 is 0 Å². The van der Waals surface area contributed by atoms with Crippen LogP contribution in [0, 0.1) is 20.8 Å². The number of carbonyl (C=O) groups is 1. The number of carbonyl (C=O) groups excluding carboxylic acids is 1. The van der Waals surface area contributed by atoms with E-state index in [4.69, 9.17) is 0 Å². The minimum Gasteiger partial charge on any atom is -0.339 e. The van der Waals surface area contributed by atoms with E-state index >= 15 is 0 Å². The van der Waals surface area contributed by atoms with Gasteiger partial charge in [0.2, 0.25) is 5.91 Å². The Bertz CT molecular complexity index is 839. The van der Waals surface area contributed by atoms with E-state index in [1.807, 2.05) is 18.0 Å². The van der Waals surface area contributed by atoms with Gasteiger partial charge in [-0.15, -0.1) is 0 Å². The second kappa shape index (κ2) is 7.85. The van der Waals surface area contributed by atoms with Gasteiger partial charge in [-0.1, -0.05) is 0 Å². The van der Waals surface area contributed by atoms with E-state index in [1.54, 1.807) is 20.0 Å². The maximum Gasteiger partial charge on any atom is 0.254 e. The van der Waals surface area contributed by atoms with Gasteiger partial charge >= 0.3 is 0 Å². The van der Waals surface area contributed by atoms with Crippen LogP contribution in [0.5, 0.6) is 0 Å². The van der Waals surface area contributed by atoms with E-state index in [-0.39, 0.29) is 23.9 Å². The number of aromatic nitrogens is 4. The second-order valence-electron chi connectivity index (χ2n) is 7.09. The number of nitrogens with one attached hydrogen (secondary N) is 1. The Hall–Kier alpha value is -2.44. The minimum atomic E-state index is -0.203. The SMILES string of the molecule is Cc1nc(C)c(CC(=O)N2CCCCC2CCn2ccnc2C)c(=O)[nH]1. The number of nitrogens with zero attached hydrogens (tertiary/aromatic N) is 4. The van der Waals surface area contributed by atoms with E-state index in [2.05, 4.69) is 19.5 Å². The third kappa shape index (κ3) is 4.03. The van der Waals surface area contributed by atoms with Crippen LogP contribution in [0.25, 0.3) is 0 Å². The number of hydrogen-bond acceptors (Lipinski definition) is 4. The van der Waals surface area contributed by atoms with E-state index < -0.39 is 0 Å². The van der Waals surface area contributed by atoms with Gasteiger partial charge in [0.1, 0.15) is 11.6 Å². The van der Waals surface area contributed by atoms with Gasteiger partial charge in [-0.25, -0.2) is 9.97 Å². The van der Waals surface area contributed by atoms with Crippen LogP contribution in [0.4, 0.5) is 0 Å². The number of piperidine rings is 1. The molecule has 1 atom stereocenters. The molecule has 140 valence electrons. The topological polar surface area (TPSA) is 83.9 Å². The Morgan fingerprint density at radius 3 is 2.81 bits per heavy atom. The van der Waals surface area contributed by atoms with Crippen molar-refractivity contribution >= 4 is 5.91 Å². The summed E-state index contributed by atoms with van der Waals surface area (Å²) in [6.45, 7) is 7.15. The first-order valence-electron chi connectivity index (χ1n) is 9.29. The fraction of sp³-hybridized carbons (Fsp3) is 0.579. The summed E-state index contributed by atoms with van der Waals surface area (Å²) in [5.41, 5.74) is 0.920. The Kier molecular flexibility index (Phi) is 5.54. The maximum absolute atomic E-state index is 12.9. The molecule has 3 heterocycles. The van der Waals surface area contributed by atoms with Gasteiger partial charge < -0.3 is 14.5 Å². The van der Waals surface area contributed by atoms with Crippen LogP contribution in [0.3, 0.4) is 0 Å². The maximum atomic E-state index is 12.9. The molecular weight excluding hydrogens is 330 g/mol. The van der Waals surface area contributed by atoms with Crippen LogP contribution in [0.1, 0.15) is 48.6 Å². The molecule has 0 aromatic carbocycles. The van der Waals surface area contributed by atoms with Crippen LogP contribution < -0.4 is 5.56 Å². The smallest absolute Gasteiger partial charge is 0.254 e. The number of amides is 1. The van der Waals surface area contributed by atoms with Gasteiger partial charge in [0.25, 0.3) is 5.56 Å². The molecule has 1 amide bonds. The first-order valence-corrected chi connectivity index (χ1v) is 9.29. The zero-order valence-electron chi connectivity index (χ0n) is 15.8. The minimum absolute atomic E-state index is 0.0244. The molecule has 7 nitrogen and oxygen atoms in total. The zero-order valence-corrected chi connectivity index (χ0v) is 15.8. The predicted molar refractivity (Wildman–Crippen MR) is 99.0 cm³/mol. The second-order valence-corrected chi connectivity index (χ2v) is 7.09. The van der Waals surface area contributed by atoms with E-state index in [9.17, 15) is 9.59 Å². The fourth-order valence-electron chi connectivity index (χ4n) is 3.77. The Labute approximate surface area is 153 Å². The van der Waals surface area contributed by atoms with Crippen LogP contribution in [-0.2, 0) is 17.8 Å². The third-order valence-corrected chi connectivity index (χ3v) is 5.24. The molecule has 1 fully saturated rings. The van der Waals surface area contributed by atoms with Gasteiger partial charge in [0.05, 0.1) is 6.42 Å². The molecule has 0 bridgehead atoms. The fourth-order valence-corrected chi connectivity index (χ4v) is 3.77. The standard InChI is InChI=1S/C19H27N5O2/c1-13-17(19(26)22-14(2)21-13)12-18(25)24-9-5-4-6-16(24)7-10-23-11-8-20-15(23)3/h8,11,16H,4-7,9-10,12H2,1-3H3,(H,21,22,26). The van der Waals surface area contributed by atoms with Crippen molar-refractivity contribution in [2.45, 2.75) is 65.5 Å². The number of imidazole rings is 1. The van der Waals surface area contributed by atoms with Crippen molar-refractivity contribution in [3.63, 3.8) is 0 Å². The van der Waals surface area contributed by atoms with Crippen molar-refractivity contribution in [1.82, 2.24) is 24.4 Å². The first kappa shape index (κ1) is 18.4. The number of aromatic amines is 1. The largest absolute Gasteiger partial charge is 0.339 e. The van der Waals surface area contributed by atoms with Crippen molar-refractivity contribution in [2.24, 2.45) is 0 Å². The Morgan fingerprint density at radius 2 is 2.12 bits per heavy atom. The molecule has 3 rings (SSSR count). The molecule has 0 radical (unpaired) electrons. The molecule has 1 aliphatic heterocycles. The Morgan fingerprint density at radius 1 is 1.31 bits per heavy atom. The predicted octanol–water partition coefficient (Wildman–Crippen LogP) is 1.91. The lowest BCUT2D eigenvalue weighted by Gasteiger charge is -2.36.